The Kier molecular flexibility index (Phi) is 6.69. The predicted molar refractivity (Wildman–Crippen MR) is 76.4 cm³/mol. The zero-order valence-corrected chi connectivity index (χ0v) is 12.5. The van der Waals surface area contributed by atoms with Crippen molar-refractivity contribution in [2.45, 2.75) is 59.4 Å². The van der Waals surface area contributed by atoms with Crippen LogP contribution in [-0.4, -0.2) is 25.0 Å². The van der Waals surface area contributed by atoms with E-state index in [4.69, 9.17) is 0 Å². The van der Waals surface area contributed by atoms with Crippen LogP contribution in [0.15, 0.2) is 0 Å². The van der Waals surface area contributed by atoms with Crippen molar-refractivity contribution in [3.05, 3.63) is 0 Å². The first-order chi connectivity index (χ1) is 8.50. The summed E-state index contributed by atoms with van der Waals surface area (Å²) < 4.78 is 0. The van der Waals surface area contributed by atoms with Gasteiger partial charge in [-0.3, -0.25) is 4.79 Å². The maximum Gasteiger partial charge on any atom is 0.234 e. The van der Waals surface area contributed by atoms with Gasteiger partial charge in [0.2, 0.25) is 5.91 Å². The minimum atomic E-state index is 0.160. The summed E-state index contributed by atoms with van der Waals surface area (Å²) in [5.74, 6) is 2.13. The van der Waals surface area contributed by atoms with Crippen molar-refractivity contribution >= 4 is 5.91 Å². The molecule has 1 saturated carbocycles. The third-order valence-corrected chi connectivity index (χ3v) is 4.10. The van der Waals surface area contributed by atoms with E-state index in [1.54, 1.807) is 0 Å². The number of amides is 1. The van der Waals surface area contributed by atoms with Crippen LogP contribution in [-0.2, 0) is 4.79 Å². The lowest BCUT2D eigenvalue weighted by Crippen LogP contribution is -2.41. The molecular formula is C15H30N2O. The average molecular weight is 254 g/mol. The van der Waals surface area contributed by atoms with Gasteiger partial charge >= 0.3 is 0 Å². The minimum absolute atomic E-state index is 0.160. The number of carbonyl (C=O) groups is 1. The van der Waals surface area contributed by atoms with Gasteiger partial charge in [0.25, 0.3) is 0 Å². The molecule has 1 amide bonds. The lowest BCUT2D eigenvalue weighted by molar-refractivity contribution is -0.120. The van der Waals surface area contributed by atoms with Gasteiger partial charge in [-0.2, -0.15) is 0 Å². The maximum absolute atomic E-state index is 11.7. The van der Waals surface area contributed by atoms with Crippen molar-refractivity contribution in [1.29, 1.82) is 0 Å². The van der Waals surface area contributed by atoms with Gasteiger partial charge in [0.15, 0.2) is 0 Å². The number of rotatable bonds is 7. The molecule has 0 radical (unpaired) electrons. The second-order valence-corrected chi connectivity index (χ2v) is 6.33. The van der Waals surface area contributed by atoms with Gasteiger partial charge in [-0.25, -0.2) is 0 Å². The first-order valence-corrected chi connectivity index (χ1v) is 7.50. The molecule has 3 heteroatoms. The molecule has 0 aliphatic heterocycles. The van der Waals surface area contributed by atoms with Gasteiger partial charge in [0.05, 0.1) is 6.54 Å². The van der Waals surface area contributed by atoms with Gasteiger partial charge < -0.3 is 10.6 Å². The van der Waals surface area contributed by atoms with Crippen LogP contribution in [0.3, 0.4) is 0 Å². The van der Waals surface area contributed by atoms with Gasteiger partial charge in [-0.05, 0) is 37.1 Å². The van der Waals surface area contributed by atoms with Crippen molar-refractivity contribution in [2.24, 2.45) is 17.8 Å². The number of carbonyl (C=O) groups excluding carboxylic acids is 1. The van der Waals surface area contributed by atoms with Crippen LogP contribution in [0, 0.1) is 17.8 Å². The Hall–Kier alpha value is -0.570. The van der Waals surface area contributed by atoms with Crippen LogP contribution in [0.4, 0.5) is 0 Å². The molecule has 0 atom stereocenters. The molecule has 0 unspecified atom stereocenters. The molecule has 0 aromatic carbocycles. The van der Waals surface area contributed by atoms with E-state index in [0.29, 0.717) is 30.3 Å². The first-order valence-electron chi connectivity index (χ1n) is 7.50. The smallest absolute Gasteiger partial charge is 0.234 e. The second kappa shape index (κ2) is 7.78. The molecule has 0 bridgehead atoms. The Morgan fingerprint density at radius 2 is 1.67 bits per heavy atom. The zero-order chi connectivity index (χ0) is 13.5. The largest absolute Gasteiger partial charge is 0.352 e. The van der Waals surface area contributed by atoms with E-state index in [2.05, 4.69) is 38.3 Å². The summed E-state index contributed by atoms with van der Waals surface area (Å²) in [4.78, 5) is 11.7. The molecule has 1 fully saturated rings. The van der Waals surface area contributed by atoms with Gasteiger partial charge in [0, 0.05) is 6.04 Å². The molecule has 0 saturated heterocycles. The van der Waals surface area contributed by atoms with E-state index >= 15 is 0 Å². The van der Waals surface area contributed by atoms with Crippen molar-refractivity contribution < 1.29 is 4.79 Å². The number of nitrogens with one attached hydrogen (secondary N) is 2. The van der Waals surface area contributed by atoms with Crippen LogP contribution in [0.1, 0.15) is 53.4 Å². The average Bonchev–Trinajstić information content (AvgIpc) is 2.75. The normalized spacial score (nSPS) is 17.1. The molecule has 0 spiro atoms. The Morgan fingerprint density at radius 1 is 1.11 bits per heavy atom. The summed E-state index contributed by atoms with van der Waals surface area (Å²) in [7, 11) is 0. The molecule has 3 nitrogen and oxygen atoms in total. The Bertz CT molecular complexity index is 237. The predicted octanol–water partition coefficient (Wildman–Crippen LogP) is 2.56. The van der Waals surface area contributed by atoms with Crippen molar-refractivity contribution in [3.8, 4) is 0 Å². The molecule has 0 aromatic rings. The highest BCUT2D eigenvalue weighted by Gasteiger charge is 2.19. The monoisotopic (exact) mass is 254 g/mol. The minimum Gasteiger partial charge on any atom is -0.352 e. The van der Waals surface area contributed by atoms with E-state index < -0.39 is 0 Å². The third-order valence-electron chi connectivity index (χ3n) is 4.10. The molecule has 1 aliphatic carbocycles. The Morgan fingerprint density at radius 3 is 2.17 bits per heavy atom. The first kappa shape index (κ1) is 15.5. The highest BCUT2D eigenvalue weighted by Crippen LogP contribution is 2.19. The molecule has 1 aliphatic rings. The fraction of sp³-hybridized carbons (Fsp3) is 0.933. The maximum atomic E-state index is 11.7. The fourth-order valence-corrected chi connectivity index (χ4v) is 2.94. The van der Waals surface area contributed by atoms with E-state index in [1.165, 1.54) is 12.8 Å². The van der Waals surface area contributed by atoms with Crippen LogP contribution in [0.2, 0.25) is 0 Å². The second-order valence-electron chi connectivity index (χ2n) is 6.33. The van der Waals surface area contributed by atoms with Crippen LogP contribution in [0.25, 0.3) is 0 Å². The highest BCUT2D eigenvalue weighted by molar-refractivity contribution is 5.78. The third kappa shape index (κ3) is 5.38. The number of hydrogen-bond acceptors (Lipinski definition) is 2. The van der Waals surface area contributed by atoms with E-state index in [1.807, 2.05) is 0 Å². The molecule has 106 valence electrons. The van der Waals surface area contributed by atoms with Crippen LogP contribution >= 0.6 is 0 Å². The Balaban J connectivity index is 2.17. The van der Waals surface area contributed by atoms with Gasteiger partial charge in [-0.1, -0.05) is 40.5 Å². The van der Waals surface area contributed by atoms with Gasteiger partial charge in [-0.15, -0.1) is 0 Å². The summed E-state index contributed by atoms with van der Waals surface area (Å²) >= 11 is 0. The van der Waals surface area contributed by atoms with Gasteiger partial charge in [0.1, 0.15) is 0 Å². The highest BCUT2D eigenvalue weighted by atomic mass is 16.1. The summed E-state index contributed by atoms with van der Waals surface area (Å²) in [5, 5.41) is 6.42. The van der Waals surface area contributed by atoms with E-state index in [0.717, 1.165) is 19.4 Å². The van der Waals surface area contributed by atoms with Crippen molar-refractivity contribution in [1.82, 2.24) is 10.6 Å². The lowest BCUT2D eigenvalue weighted by atomic mass is 9.85. The molecule has 0 heterocycles. The van der Waals surface area contributed by atoms with E-state index in [-0.39, 0.29) is 5.91 Å². The standard InChI is InChI=1S/C15H30N2O/c1-11(2)14(12(3)4)9-16-10-15(18)17-13-7-5-6-8-13/h11-14,16H,5-10H2,1-4H3,(H,17,18). The van der Waals surface area contributed by atoms with Crippen LogP contribution < -0.4 is 10.6 Å². The van der Waals surface area contributed by atoms with Crippen LogP contribution in [0.5, 0.6) is 0 Å². The lowest BCUT2D eigenvalue weighted by Gasteiger charge is -2.25. The topological polar surface area (TPSA) is 41.1 Å². The summed E-state index contributed by atoms with van der Waals surface area (Å²) in [6.07, 6.45) is 4.85. The zero-order valence-electron chi connectivity index (χ0n) is 12.5. The van der Waals surface area contributed by atoms with Crippen molar-refractivity contribution in [3.63, 3.8) is 0 Å². The molecule has 0 aromatic heterocycles. The molecule has 18 heavy (non-hydrogen) atoms. The number of hydrogen-bond donors (Lipinski definition) is 2. The SMILES string of the molecule is CC(C)C(CNCC(=O)NC1CCCC1)C(C)C. The van der Waals surface area contributed by atoms with E-state index in [9.17, 15) is 4.79 Å². The summed E-state index contributed by atoms with van der Waals surface area (Å²) in [6, 6.07) is 0.435. The molecular weight excluding hydrogens is 224 g/mol. The van der Waals surface area contributed by atoms with Crippen molar-refractivity contribution in [2.75, 3.05) is 13.1 Å². The summed E-state index contributed by atoms with van der Waals surface area (Å²) in [5.41, 5.74) is 0. The summed E-state index contributed by atoms with van der Waals surface area (Å²) in [6.45, 7) is 10.4. The molecule has 2 N–H and O–H groups in total. The molecule has 1 rings (SSSR count). The fourth-order valence-electron chi connectivity index (χ4n) is 2.94. The quantitative estimate of drug-likeness (QED) is 0.733. The Labute approximate surface area is 112 Å².